The molecule has 0 aliphatic rings. The maximum atomic E-state index is 11.8. The van der Waals surface area contributed by atoms with Gasteiger partial charge < -0.3 is 4.90 Å². The van der Waals surface area contributed by atoms with Crippen molar-refractivity contribution >= 4 is 0 Å². The molecule has 0 N–H and O–H groups in total. The second kappa shape index (κ2) is 8.49. The van der Waals surface area contributed by atoms with E-state index in [2.05, 4.69) is 25.7 Å². The summed E-state index contributed by atoms with van der Waals surface area (Å²) in [4.78, 5) is 2.41. The summed E-state index contributed by atoms with van der Waals surface area (Å²) in [6, 6.07) is 0. The van der Waals surface area contributed by atoms with E-state index in [1.165, 1.54) is 13.0 Å². The minimum atomic E-state index is -0.165. The average Bonchev–Trinajstić information content (AvgIpc) is 2.10. The summed E-state index contributed by atoms with van der Waals surface area (Å²) in [6.07, 6.45) is 2.98. The van der Waals surface area contributed by atoms with E-state index < -0.39 is 0 Å². The van der Waals surface area contributed by atoms with Crippen molar-refractivity contribution in [2.75, 3.05) is 26.3 Å². The topological polar surface area (TPSA) is 3.24 Å². The third kappa shape index (κ3) is 8.23. The van der Waals surface area contributed by atoms with E-state index in [1.54, 1.807) is 0 Å². The Morgan fingerprint density at radius 1 is 1.15 bits per heavy atom. The van der Waals surface area contributed by atoms with Gasteiger partial charge in [-0.3, -0.25) is 4.39 Å². The van der Waals surface area contributed by atoms with E-state index in [-0.39, 0.29) is 6.67 Å². The highest BCUT2D eigenvalue weighted by molar-refractivity contribution is 4.57. The molecule has 0 bridgehead atoms. The van der Waals surface area contributed by atoms with E-state index in [4.69, 9.17) is 0 Å². The van der Waals surface area contributed by atoms with Crippen LogP contribution in [0.5, 0.6) is 0 Å². The summed E-state index contributed by atoms with van der Waals surface area (Å²) in [5.41, 5.74) is 0. The Morgan fingerprint density at radius 3 is 2.31 bits per heavy atom. The monoisotopic (exact) mass is 189 g/mol. The van der Waals surface area contributed by atoms with Gasteiger partial charge in [0.25, 0.3) is 0 Å². The number of hydrogen-bond donors (Lipinski definition) is 0. The quantitative estimate of drug-likeness (QED) is 0.530. The highest BCUT2D eigenvalue weighted by Gasteiger charge is 2.02. The van der Waals surface area contributed by atoms with E-state index in [9.17, 15) is 4.39 Å². The molecule has 0 unspecified atom stereocenters. The van der Waals surface area contributed by atoms with Crippen LogP contribution in [0, 0.1) is 5.92 Å². The Labute approximate surface area is 82.3 Å². The lowest BCUT2D eigenvalue weighted by molar-refractivity contribution is 0.261. The normalized spacial score (nSPS) is 11.5. The van der Waals surface area contributed by atoms with Crippen molar-refractivity contribution in [3.8, 4) is 0 Å². The first-order valence-corrected chi connectivity index (χ1v) is 5.49. The molecule has 0 saturated heterocycles. The number of rotatable bonds is 8. The van der Waals surface area contributed by atoms with E-state index in [0.29, 0.717) is 0 Å². The Bertz CT molecular complexity index is 104. The number of nitrogens with zero attached hydrogens (tertiary/aromatic N) is 1. The third-order valence-electron chi connectivity index (χ3n) is 2.33. The van der Waals surface area contributed by atoms with E-state index in [0.717, 1.165) is 31.8 Å². The standard InChI is InChI=1S/C11H24FN/c1-4-13(9-6-5-8-12)10-7-11(2)3/h11H,4-10H2,1-3H3. The molecular weight excluding hydrogens is 165 g/mol. The van der Waals surface area contributed by atoms with Gasteiger partial charge >= 0.3 is 0 Å². The fraction of sp³-hybridized carbons (Fsp3) is 1.00. The van der Waals surface area contributed by atoms with Gasteiger partial charge in [0.1, 0.15) is 0 Å². The van der Waals surface area contributed by atoms with Gasteiger partial charge in [0.15, 0.2) is 0 Å². The van der Waals surface area contributed by atoms with Crippen molar-refractivity contribution in [3.05, 3.63) is 0 Å². The van der Waals surface area contributed by atoms with Gasteiger partial charge in [-0.25, -0.2) is 0 Å². The first-order valence-electron chi connectivity index (χ1n) is 5.49. The Hall–Kier alpha value is -0.110. The molecule has 0 fully saturated rings. The number of halogens is 1. The zero-order chi connectivity index (χ0) is 10.1. The van der Waals surface area contributed by atoms with Crippen LogP contribution in [0.2, 0.25) is 0 Å². The van der Waals surface area contributed by atoms with Crippen LogP contribution in [0.1, 0.15) is 40.0 Å². The van der Waals surface area contributed by atoms with Crippen molar-refractivity contribution in [1.29, 1.82) is 0 Å². The summed E-state index contributed by atoms with van der Waals surface area (Å²) in [5, 5.41) is 0. The zero-order valence-corrected chi connectivity index (χ0v) is 9.35. The molecule has 0 heterocycles. The van der Waals surface area contributed by atoms with Crippen LogP contribution in [0.3, 0.4) is 0 Å². The minimum absolute atomic E-state index is 0.165. The molecule has 2 heteroatoms. The second-order valence-electron chi connectivity index (χ2n) is 4.01. The molecule has 80 valence electrons. The molecule has 1 nitrogen and oxygen atoms in total. The maximum absolute atomic E-state index is 11.8. The van der Waals surface area contributed by atoms with Crippen LogP contribution in [0.4, 0.5) is 4.39 Å². The van der Waals surface area contributed by atoms with Gasteiger partial charge in [-0.15, -0.1) is 0 Å². The van der Waals surface area contributed by atoms with Crippen molar-refractivity contribution in [2.24, 2.45) is 5.92 Å². The van der Waals surface area contributed by atoms with Gasteiger partial charge in [0.2, 0.25) is 0 Å². The van der Waals surface area contributed by atoms with Crippen LogP contribution in [-0.2, 0) is 0 Å². The maximum Gasteiger partial charge on any atom is 0.0894 e. The summed E-state index contributed by atoms with van der Waals surface area (Å²) in [5.74, 6) is 0.773. The van der Waals surface area contributed by atoms with Crippen molar-refractivity contribution in [2.45, 2.75) is 40.0 Å². The van der Waals surface area contributed by atoms with E-state index >= 15 is 0 Å². The Balaban J connectivity index is 3.39. The lowest BCUT2D eigenvalue weighted by Gasteiger charge is -2.20. The molecule has 0 aliphatic heterocycles. The van der Waals surface area contributed by atoms with Crippen LogP contribution in [0.25, 0.3) is 0 Å². The predicted molar refractivity (Wildman–Crippen MR) is 56.8 cm³/mol. The minimum Gasteiger partial charge on any atom is -0.304 e. The molecule has 0 aromatic heterocycles. The Kier molecular flexibility index (Phi) is 8.41. The molecule has 0 aromatic rings. The molecule has 13 heavy (non-hydrogen) atoms. The van der Waals surface area contributed by atoms with Gasteiger partial charge in [-0.1, -0.05) is 20.8 Å². The van der Waals surface area contributed by atoms with Crippen LogP contribution >= 0.6 is 0 Å². The van der Waals surface area contributed by atoms with Gasteiger partial charge in [0, 0.05) is 0 Å². The third-order valence-corrected chi connectivity index (χ3v) is 2.33. The van der Waals surface area contributed by atoms with Gasteiger partial charge in [0.05, 0.1) is 6.67 Å². The summed E-state index contributed by atoms with van der Waals surface area (Å²) in [6.45, 7) is 9.83. The molecule has 0 rings (SSSR count). The van der Waals surface area contributed by atoms with E-state index in [1.807, 2.05) is 0 Å². The van der Waals surface area contributed by atoms with Gasteiger partial charge in [-0.05, 0) is 44.8 Å². The highest BCUT2D eigenvalue weighted by Crippen LogP contribution is 2.03. The molecule has 0 aliphatic carbocycles. The van der Waals surface area contributed by atoms with Crippen molar-refractivity contribution in [1.82, 2.24) is 4.90 Å². The smallest absolute Gasteiger partial charge is 0.0894 e. The molecule has 0 spiro atoms. The predicted octanol–water partition coefficient (Wildman–Crippen LogP) is 3.10. The van der Waals surface area contributed by atoms with Crippen LogP contribution in [0.15, 0.2) is 0 Å². The summed E-state index contributed by atoms with van der Waals surface area (Å²) in [7, 11) is 0. The molecule has 0 atom stereocenters. The van der Waals surface area contributed by atoms with Crippen LogP contribution < -0.4 is 0 Å². The van der Waals surface area contributed by atoms with Crippen LogP contribution in [-0.4, -0.2) is 31.2 Å². The molecule has 0 amide bonds. The molecule has 0 saturated carbocycles. The SMILES string of the molecule is CCN(CCCCF)CCC(C)C. The zero-order valence-electron chi connectivity index (χ0n) is 9.35. The molecule has 0 radical (unpaired) electrons. The Morgan fingerprint density at radius 2 is 1.85 bits per heavy atom. The number of hydrogen-bond acceptors (Lipinski definition) is 1. The summed E-state index contributed by atoms with van der Waals surface area (Å²) < 4.78 is 11.8. The number of unbranched alkanes of at least 4 members (excludes halogenated alkanes) is 1. The fourth-order valence-corrected chi connectivity index (χ4v) is 1.30. The molecular formula is C11H24FN. The van der Waals surface area contributed by atoms with Crippen molar-refractivity contribution in [3.63, 3.8) is 0 Å². The average molecular weight is 189 g/mol. The molecule has 0 aromatic carbocycles. The van der Waals surface area contributed by atoms with Crippen molar-refractivity contribution < 1.29 is 4.39 Å². The second-order valence-corrected chi connectivity index (χ2v) is 4.01. The summed E-state index contributed by atoms with van der Waals surface area (Å²) >= 11 is 0. The largest absolute Gasteiger partial charge is 0.304 e. The first kappa shape index (κ1) is 12.9. The highest BCUT2D eigenvalue weighted by atomic mass is 19.1. The lowest BCUT2D eigenvalue weighted by atomic mass is 10.1. The first-order chi connectivity index (χ1) is 6.20. The fourth-order valence-electron chi connectivity index (χ4n) is 1.30. The van der Waals surface area contributed by atoms with Gasteiger partial charge in [-0.2, -0.15) is 0 Å². The number of alkyl halides is 1. The lowest BCUT2D eigenvalue weighted by Crippen LogP contribution is -2.26.